The molecular weight excluding hydrogens is 226 g/mol. The van der Waals surface area contributed by atoms with E-state index in [1.54, 1.807) is 11.8 Å². The molecule has 0 radical (unpaired) electrons. The first kappa shape index (κ1) is 13.0. The lowest BCUT2D eigenvalue weighted by Crippen LogP contribution is -2.25. The van der Waals surface area contributed by atoms with Crippen LogP contribution in [0.15, 0.2) is 12.1 Å². The van der Waals surface area contributed by atoms with Gasteiger partial charge in [-0.2, -0.15) is 0 Å². The Morgan fingerprint density at radius 1 is 1.53 bits per heavy atom. The Morgan fingerprint density at radius 2 is 2.27 bits per heavy atom. The van der Waals surface area contributed by atoms with Crippen molar-refractivity contribution in [3.8, 4) is 0 Å². The van der Waals surface area contributed by atoms with Crippen molar-refractivity contribution in [2.45, 2.75) is 31.6 Å². The Balaban J connectivity index is 2.71. The van der Waals surface area contributed by atoms with Gasteiger partial charge in [0.15, 0.2) is 0 Å². The van der Waals surface area contributed by atoms with Crippen molar-refractivity contribution in [1.82, 2.24) is 0 Å². The minimum Gasteiger partial charge on any atom is -0.396 e. The second-order valence-corrected chi connectivity index (χ2v) is 6.10. The lowest BCUT2D eigenvalue weighted by atomic mass is 10.1. The highest BCUT2D eigenvalue weighted by atomic mass is 32.2. The summed E-state index contributed by atoms with van der Waals surface area (Å²) in [6, 6.07) is 4.47. The highest BCUT2D eigenvalue weighted by Gasteiger charge is 2.20. The summed E-state index contributed by atoms with van der Waals surface area (Å²) < 4.78 is 0. The van der Waals surface area contributed by atoms with Crippen LogP contribution in [0, 0.1) is 6.92 Å². The smallest absolute Gasteiger partial charge is 0.0542 e. The van der Waals surface area contributed by atoms with Gasteiger partial charge in [-0.3, -0.25) is 0 Å². The Bertz CT molecular complexity index is 288. The van der Waals surface area contributed by atoms with E-state index in [9.17, 15) is 0 Å². The number of hydrogen-bond donors (Lipinski definition) is 2. The van der Waals surface area contributed by atoms with Crippen LogP contribution in [0.25, 0.3) is 0 Å². The average molecular weight is 245 g/mol. The molecule has 0 spiro atoms. The summed E-state index contributed by atoms with van der Waals surface area (Å²) in [5.41, 5.74) is 6.10. The lowest BCUT2D eigenvalue weighted by Gasteiger charge is -2.20. The predicted molar refractivity (Wildman–Crippen MR) is 69.6 cm³/mol. The first-order chi connectivity index (χ1) is 7.19. The van der Waals surface area contributed by atoms with Crippen LogP contribution in [0.2, 0.25) is 0 Å². The van der Waals surface area contributed by atoms with E-state index in [-0.39, 0.29) is 12.6 Å². The molecule has 1 heterocycles. The number of thiophene rings is 1. The standard InChI is InChI=1S/C11H19NOS2/c1-3-9(12)11(14-7-6-13)10-5-4-8(2)15-10/h4-5,9,11,13H,3,6-7,12H2,1-2H3. The molecule has 0 bridgehead atoms. The molecule has 0 aliphatic rings. The second kappa shape index (κ2) is 6.53. The Morgan fingerprint density at radius 3 is 2.73 bits per heavy atom. The van der Waals surface area contributed by atoms with E-state index in [4.69, 9.17) is 10.8 Å². The number of aliphatic hydroxyl groups is 1. The van der Waals surface area contributed by atoms with Crippen LogP contribution in [0.4, 0.5) is 0 Å². The Hall–Kier alpha value is -0.0300. The third-order valence-corrected chi connectivity index (χ3v) is 4.90. The van der Waals surface area contributed by atoms with Crippen LogP contribution in [0.3, 0.4) is 0 Å². The zero-order valence-corrected chi connectivity index (χ0v) is 10.9. The highest BCUT2D eigenvalue weighted by molar-refractivity contribution is 7.99. The third kappa shape index (κ3) is 3.79. The van der Waals surface area contributed by atoms with Gasteiger partial charge in [-0.05, 0) is 25.5 Å². The highest BCUT2D eigenvalue weighted by Crippen LogP contribution is 2.36. The first-order valence-corrected chi connectivity index (χ1v) is 7.10. The van der Waals surface area contributed by atoms with Crippen LogP contribution < -0.4 is 5.73 Å². The molecule has 1 aromatic rings. The van der Waals surface area contributed by atoms with E-state index in [2.05, 4.69) is 26.0 Å². The molecule has 4 heteroatoms. The topological polar surface area (TPSA) is 46.2 Å². The molecule has 2 atom stereocenters. The number of rotatable bonds is 6. The van der Waals surface area contributed by atoms with Crippen molar-refractivity contribution >= 4 is 23.1 Å². The number of nitrogens with two attached hydrogens (primary N) is 1. The molecule has 2 nitrogen and oxygen atoms in total. The summed E-state index contributed by atoms with van der Waals surface area (Å²) in [5, 5.41) is 9.20. The molecule has 0 saturated carbocycles. The van der Waals surface area contributed by atoms with E-state index in [1.807, 2.05) is 11.3 Å². The molecule has 1 rings (SSSR count). The van der Waals surface area contributed by atoms with Crippen molar-refractivity contribution in [2.24, 2.45) is 5.73 Å². The molecule has 86 valence electrons. The molecule has 2 unspecified atom stereocenters. The van der Waals surface area contributed by atoms with Gasteiger partial charge in [0.1, 0.15) is 0 Å². The van der Waals surface area contributed by atoms with Gasteiger partial charge >= 0.3 is 0 Å². The van der Waals surface area contributed by atoms with Crippen LogP contribution in [-0.2, 0) is 0 Å². The van der Waals surface area contributed by atoms with E-state index < -0.39 is 0 Å². The monoisotopic (exact) mass is 245 g/mol. The lowest BCUT2D eigenvalue weighted by molar-refractivity contribution is 0.322. The van der Waals surface area contributed by atoms with Crippen LogP contribution in [0.1, 0.15) is 28.3 Å². The van der Waals surface area contributed by atoms with Crippen LogP contribution >= 0.6 is 23.1 Å². The molecule has 0 aliphatic carbocycles. The van der Waals surface area contributed by atoms with E-state index in [0.29, 0.717) is 5.25 Å². The number of aliphatic hydroxyl groups excluding tert-OH is 1. The third-order valence-electron chi connectivity index (χ3n) is 2.29. The van der Waals surface area contributed by atoms with Gasteiger partial charge in [0.2, 0.25) is 0 Å². The zero-order valence-electron chi connectivity index (χ0n) is 9.27. The summed E-state index contributed by atoms with van der Waals surface area (Å²) >= 11 is 3.56. The fourth-order valence-electron chi connectivity index (χ4n) is 1.42. The second-order valence-electron chi connectivity index (χ2n) is 3.54. The largest absolute Gasteiger partial charge is 0.396 e. The van der Waals surface area contributed by atoms with E-state index in [1.165, 1.54) is 9.75 Å². The maximum atomic E-state index is 8.86. The molecular formula is C11H19NOS2. The first-order valence-electron chi connectivity index (χ1n) is 5.23. The Kier molecular flexibility index (Phi) is 5.68. The summed E-state index contributed by atoms with van der Waals surface area (Å²) in [6.45, 7) is 4.44. The fourth-order valence-corrected chi connectivity index (χ4v) is 3.74. The normalized spacial score (nSPS) is 15.2. The average Bonchev–Trinajstić information content (AvgIpc) is 2.65. The van der Waals surface area contributed by atoms with Gasteiger partial charge in [0.05, 0.1) is 11.9 Å². The summed E-state index contributed by atoms with van der Waals surface area (Å²) in [5.74, 6) is 0.759. The van der Waals surface area contributed by atoms with Gasteiger partial charge in [0, 0.05) is 21.5 Å². The van der Waals surface area contributed by atoms with Gasteiger partial charge in [0.25, 0.3) is 0 Å². The van der Waals surface area contributed by atoms with Crippen molar-refractivity contribution < 1.29 is 5.11 Å². The van der Waals surface area contributed by atoms with Crippen molar-refractivity contribution in [2.75, 3.05) is 12.4 Å². The SMILES string of the molecule is CCC(N)C(SCCO)c1ccc(C)s1. The zero-order chi connectivity index (χ0) is 11.3. The molecule has 0 amide bonds. The minimum absolute atomic E-state index is 0.180. The molecule has 0 fully saturated rings. The van der Waals surface area contributed by atoms with Crippen molar-refractivity contribution in [3.63, 3.8) is 0 Å². The summed E-state index contributed by atoms with van der Waals surface area (Å²) in [7, 11) is 0. The maximum absolute atomic E-state index is 8.86. The molecule has 1 aromatic heterocycles. The van der Waals surface area contributed by atoms with Gasteiger partial charge in [-0.25, -0.2) is 0 Å². The van der Waals surface area contributed by atoms with Gasteiger partial charge < -0.3 is 10.8 Å². The number of thioether (sulfide) groups is 1. The van der Waals surface area contributed by atoms with E-state index >= 15 is 0 Å². The van der Waals surface area contributed by atoms with Gasteiger partial charge in [-0.1, -0.05) is 6.92 Å². The van der Waals surface area contributed by atoms with E-state index in [0.717, 1.165) is 12.2 Å². The molecule has 0 saturated heterocycles. The quantitative estimate of drug-likeness (QED) is 0.809. The number of hydrogen-bond acceptors (Lipinski definition) is 4. The number of aryl methyl sites for hydroxylation is 1. The summed E-state index contributed by atoms with van der Waals surface area (Å²) in [6.07, 6.45) is 0.972. The summed E-state index contributed by atoms with van der Waals surface area (Å²) in [4.78, 5) is 2.66. The predicted octanol–water partition coefficient (Wildman–Crippen LogP) is 2.56. The molecule has 0 aliphatic heterocycles. The molecule has 15 heavy (non-hydrogen) atoms. The van der Waals surface area contributed by atoms with Crippen molar-refractivity contribution in [3.05, 3.63) is 21.9 Å². The maximum Gasteiger partial charge on any atom is 0.0542 e. The van der Waals surface area contributed by atoms with Crippen molar-refractivity contribution in [1.29, 1.82) is 0 Å². The minimum atomic E-state index is 0.180. The molecule has 3 N–H and O–H groups in total. The molecule has 0 aromatic carbocycles. The Labute approximate surface area is 99.9 Å². The van der Waals surface area contributed by atoms with Crippen LogP contribution in [0.5, 0.6) is 0 Å². The fraction of sp³-hybridized carbons (Fsp3) is 0.636. The van der Waals surface area contributed by atoms with Gasteiger partial charge in [-0.15, -0.1) is 23.1 Å². The van der Waals surface area contributed by atoms with Crippen LogP contribution in [-0.4, -0.2) is 23.5 Å².